The summed E-state index contributed by atoms with van der Waals surface area (Å²) < 4.78 is 78.6. The molecule has 0 aliphatic heterocycles. The van der Waals surface area contributed by atoms with Gasteiger partial charge in [0, 0.05) is 30.2 Å². The maximum atomic E-state index is 15.6. The smallest absolute Gasteiger partial charge is 0.435 e. The van der Waals surface area contributed by atoms with Crippen molar-refractivity contribution in [1.82, 2.24) is 15.1 Å². The van der Waals surface area contributed by atoms with Gasteiger partial charge in [-0.1, -0.05) is 55.3 Å². The average molecular weight is 757 g/mol. The normalized spacial score (nSPS) is 15.4. The Labute approximate surface area is 309 Å². The Bertz CT molecular complexity index is 1970. The van der Waals surface area contributed by atoms with Crippen molar-refractivity contribution in [2.45, 2.75) is 95.8 Å². The van der Waals surface area contributed by atoms with E-state index in [1.54, 1.807) is 43.7 Å². The lowest BCUT2D eigenvalue weighted by atomic mass is 9.79. The number of hydrogen-bond donors (Lipinski definition) is 3. The van der Waals surface area contributed by atoms with E-state index in [1.807, 2.05) is 51.1 Å². The summed E-state index contributed by atoms with van der Waals surface area (Å²) in [4.78, 5) is 26.1. The summed E-state index contributed by atoms with van der Waals surface area (Å²) in [5, 5.41) is 8.80. The molecule has 284 valence electrons. The molecule has 9 nitrogen and oxygen atoms in total. The fraction of sp³-hybridized carbons (Fsp3) is 0.410. The molecule has 53 heavy (non-hydrogen) atoms. The quantitative estimate of drug-likeness (QED) is 0.128. The first-order valence-electron chi connectivity index (χ1n) is 17.4. The number of carbonyl (C=O) groups excluding carboxylic acids is 2. The fourth-order valence-electron chi connectivity index (χ4n) is 5.83. The summed E-state index contributed by atoms with van der Waals surface area (Å²) in [5.74, 6) is -1.32. The molecule has 1 saturated carbocycles. The molecule has 0 radical (unpaired) electrons. The van der Waals surface area contributed by atoms with Crippen LogP contribution in [0.3, 0.4) is 0 Å². The van der Waals surface area contributed by atoms with Crippen molar-refractivity contribution in [3.8, 4) is 5.69 Å². The minimum absolute atomic E-state index is 0.0172. The van der Waals surface area contributed by atoms with Gasteiger partial charge in [-0.2, -0.15) is 22.5 Å². The van der Waals surface area contributed by atoms with Gasteiger partial charge in [-0.15, -0.1) is 0 Å². The largest absolute Gasteiger partial charge is 0.444 e. The van der Waals surface area contributed by atoms with E-state index in [-0.39, 0.29) is 17.9 Å². The van der Waals surface area contributed by atoms with Crippen LogP contribution in [0, 0.1) is 11.7 Å². The van der Waals surface area contributed by atoms with Crippen LogP contribution in [0.25, 0.3) is 5.69 Å². The van der Waals surface area contributed by atoms with Crippen LogP contribution >= 0.6 is 0 Å². The molecule has 14 heteroatoms. The second-order valence-corrected chi connectivity index (χ2v) is 17.4. The third-order valence-electron chi connectivity index (χ3n) is 8.80. The van der Waals surface area contributed by atoms with E-state index in [4.69, 9.17) is 4.74 Å². The minimum Gasteiger partial charge on any atom is -0.444 e. The van der Waals surface area contributed by atoms with Crippen molar-refractivity contribution in [3.63, 3.8) is 0 Å². The highest BCUT2D eigenvalue weighted by Crippen LogP contribution is 2.40. The first-order valence-corrected chi connectivity index (χ1v) is 18.6. The van der Waals surface area contributed by atoms with E-state index in [1.165, 1.54) is 24.3 Å². The van der Waals surface area contributed by atoms with Crippen LogP contribution in [-0.4, -0.2) is 36.3 Å². The molecule has 2 atom stereocenters. The Balaban J connectivity index is 1.52. The summed E-state index contributed by atoms with van der Waals surface area (Å²) in [6.07, 6.45) is -1.99. The van der Waals surface area contributed by atoms with Gasteiger partial charge in [-0.3, -0.25) is 4.79 Å². The molecule has 5 rings (SSSR count). The molecule has 2 amide bonds. The maximum absolute atomic E-state index is 15.6. The van der Waals surface area contributed by atoms with E-state index in [0.717, 1.165) is 29.5 Å². The first kappa shape index (κ1) is 39.6. The molecular formula is C39H46F4N5O4S+. The maximum Gasteiger partial charge on any atom is 0.435 e. The highest BCUT2D eigenvalue weighted by molar-refractivity contribution is 7.79. The molecule has 1 aliphatic rings. The van der Waals surface area contributed by atoms with Gasteiger partial charge in [0.2, 0.25) is 11.0 Å². The van der Waals surface area contributed by atoms with Crippen molar-refractivity contribution in [2.24, 2.45) is 5.92 Å². The first-order chi connectivity index (χ1) is 24.7. The molecule has 4 N–H and O–H groups in total. The van der Waals surface area contributed by atoms with E-state index in [9.17, 15) is 27.0 Å². The van der Waals surface area contributed by atoms with Gasteiger partial charge < -0.3 is 15.4 Å². The summed E-state index contributed by atoms with van der Waals surface area (Å²) in [5.41, 5.74) is -1.73. The number of nitrogens with zero attached hydrogens (tertiary/aromatic N) is 2. The van der Waals surface area contributed by atoms with Crippen LogP contribution in [0.1, 0.15) is 100 Å². The summed E-state index contributed by atoms with van der Waals surface area (Å²) in [6, 6.07) is 20.5. The fourth-order valence-corrected chi connectivity index (χ4v) is 6.94. The predicted molar refractivity (Wildman–Crippen MR) is 195 cm³/mol. The number of amides is 2. The number of aromatic nitrogens is 2. The SMILES string of the molecule is CC(C)(C)OC(=O)NCc1cccc(-n2nc(C(F)(F)F)cc2C(=O)Nc2cc(C(CCC3CC3)([NH2+]S(=O)C(C)(C)C)c3ccccc3)ccc2F)c1. The van der Waals surface area contributed by atoms with Gasteiger partial charge >= 0.3 is 12.3 Å². The number of rotatable bonds is 12. The topological polar surface area (TPSA) is 119 Å². The zero-order valence-corrected chi connectivity index (χ0v) is 31.5. The van der Waals surface area contributed by atoms with Gasteiger partial charge in [-0.05, 0) is 89.8 Å². The number of nitrogens with one attached hydrogen (secondary N) is 2. The molecule has 1 heterocycles. The third-order valence-corrected chi connectivity index (χ3v) is 10.6. The van der Waals surface area contributed by atoms with Crippen molar-refractivity contribution >= 4 is 28.7 Å². The Morgan fingerprint density at radius 3 is 2.25 bits per heavy atom. The van der Waals surface area contributed by atoms with E-state index < -0.39 is 62.3 Å². The summed E-state index contributed by atoms with van der Waals surface area (Å²) in [7, 11) is -1.45. The molecule has 0 spiro atoms. The van der Waals surface area contributed by atoms with E-state index >= 15 is 4.39 Å². The lowest BCUT2D eigenvalue weighted by Crippen LogP contribution is -2.97. The lowest BCUT2D eigenvalue weighted by Gasteiger charge is -2.34. The Morgan fingerprint density at radius 2 is 1.62 bits per heavy atom. The van der Waals surface area contributed by atoms with Crippen LogP contribution in [-0.2, 0) is 34.0 Å². The monoisotopic (exact) mass is 756 g/mol. The molecule has 4 aromatic rings. The Kier molecular flexibility index (Phi) is 11.5. The van der Waals surface area contributed by atoms with Gasteiger partial charge in [0.1, 0.15) is 17.1 Å². The van der Waals surface area contributed by atoms with Crippen LogP contribution in [0.4, 0.5) is 28.0 Å². The zero-order valence-electron chi connectivity index (χ0n) is 30.6. The van der Waals surface area contributed by atoms with Gasteiger partial charge in [0.25, 0.3) is 5.91 Å². The second kappa shape index (κ2) is 15.4. The molecule has 0 bridgehead atoms. The summed E-state index contributed by atoms with van der Waals surface area (Å²) in [6.45, 7) is 10.7. The number of benzene rings is 3. The Morgan fingerprint density at radius 1 is 0.925 bits per heavy atom. The molecule has 0 saturated heterocycles. The number of alkyl halides is 3. The van der Waals surface area contributed by atoms with Crippen molar-refractivity contribution < 1.29 is 40.8 Å². The number of quaternary nitrogens is 1. The number of halogens is 4. The number of alkyl carbamates (subject to hydrolysis) is 1. The van der Waals surface area contributed by atoms with Crippen LogP contribution in [0.15, 0.2) is 78.9 Å². The standard InChI is InChI=1S/C39H45F4N5O4S/c1-36(2,3)52-35(50)44-24-26-11-10-14-29(21-26)48-32(23-33(46-48)39(41,42)43)34(49)45-31-22-28(17-18-30(31)40)38(20-19-25-15-16-25,27-12-8-7-9-13-27)47-53(51)37(4,5)6/h7-14,17-18,21-23,25,47H,15-16,19-20,24H2,1-6H3,(H,44,50)(H,45,49)/p+1. The summed E-state index contributed by atoms with van der Waals surface area (Å²) >= 11 is 0. The highest BCUT2D eigenvalue weighted by Gasteiger charge is 2.44. The minimum atomic E-state index is -4.89. The molecular weight excluding hydrogens is 711 g/mol. The molecule has 1 aromatic heterocycles. The lowest BCUT2D eigenvalue weighted by molar-refractivity contribution is -0.582. The number of anilines is 1. The van der Waals surface area contributed by atoms with Crippen molar-refractivity contribution in [2.75, 3.05) is 5.32 Å². The van der Waals surface area contributed by atoms with Gasteiger partial charge in [0.15, 0.2) is 11.2 Å². The van der Waals surface area contributed by atoms with Gasteiger partial charge in [-0.25, -0.2) is 18.6 Å². The Hall–Kier alpha value is -4.56. The van der Waals surface area contributed by atoms with Crippen LogP contribution in [0.2, 0.25) is 0 Å². The predicted octanol–water partition coefficient (Wildman–Crippen LogP) is 7.77. The molecule has 1 aliphatic carbocycles. The number of carbonyl (C=O) groups is 2. The molecule has 3 aromatic carbocycles. The van der Waals surface area contributed by atoms with Crippen molar-refractivity contribution in [3.05, 3.63) is 113 Å². The molecule has 1 fully saturated rings. The second-order valence-electron chi connectivity index (χ2n) is 15.3. The average Bonchev–Trinajstić information content (AvgIpc) is 3.79. The van der Waals surface area contributed by atoms with E-state index in [2.05, 4.69) is 15.7 Å². The number of nitrogens with two attached hydrogens (primary N) is 1. The van der Waals surface area contributed by atoms with Gasteiger partial charge in [0.05, 0.1) is 16.1 Å². The highest BCUT2D eigenvalue weighted by atomic mass is 32.2. The van der Waals surface area contributed by atoms with E-state index in [0.29, 0.717) is 29.5 Å². The van der Waals surface area contributed by atoms with Crippen LogP contribution in [0.5, 0.6) is 0 Å². The number of hydrogen-bond acceptors (Lipinski definition) is 5. The number of ether oxygens (including phenoxy) is 1. The molecule has 2 unspecified atom stereocenters. The zero-order chi connectivity index (χ0) is 38.8. The van der Waals surface area contributed by atoms with Crippen LogP contribution < -0.4 is 15.4 Å². The third kappa shape index (κ3) is 10.1. The van der Waals surface area contributed by atoms with Crippen molar-refractivity contribution in [1.29, 1.82) is 0 Å².